The first kappa shape index (κ1) is 16.2. The Labute approximate surface area is 147 Å². The predicted octanol–water partition coefficient (Wildman–Crippen LogP) is 2.61. The van der Waals surface area contributed by atoms with Crippen LogP contribution in [-0.4, -0.2) is 26.9 Å². The lowest BCUT2D eigenvalue weighted by Gasteiger charge is -2.27. The summed E-state index contributed by atoms with van der Waals surface area (Å²) in [5.74, 6) is 0.00303. The lowest BCUT2D eigenvalue weighted by molar-refractivity contribution is -0.129. The van der Waals surface area contributed by atoms with Gasteiger partial charge >= 0.3 is 0 Å². The molecule has 1 aliphatic rings. The van der Waals surface area contributed by atoms with Gasteiger partial charge in [0, 0.05) is 28.5 Å². The Bertz CT molecular complexity index is 835. The maximum absolute atomic E-state index is 12.6. The highest BCUT2D eigenvalue weighted by Crippen LogP contribution is 2.22. The predicted molar refractivity (Wildman–Crippen MR) is 91.5 cm³/mol. The van der Waals surface area contributed by atoms with Crippen molar-refractivity contribution < 1.29 is 4.79 Å². The fourth-order valence-electron chi connectivity index (χ4n) is 2.68. The minimum atomic E-state index is -0.0582. The third-order valence-electron chi connectivity index (χ3n) is 3.99. The standard InChI is InChI=1S/C16H15BrClN3O2/c1-10(22)20-5-4-13-15(8-20)19-9-21(16(13)23)7-11-2-3-12(17)6-14(11)18/h2-3,6,9H,4-5,7-8H2,1H3. The lowest BCUT2D eigenvalue weighted by atomic mass is 10.1. The van der Waals surface area contributed by atoms with Crippen molar-refractivity contribution in [1.82, 2.24) is 14.5 Å². The highest BCUT2D eigenvalue weighted by molar-refractivity contribution is 9.10. The maximum Gasteiger partial charge on any atom is 0.257 e. The molecule has 0 radical (unpaired) electrons. The number of amides is 1. The van der Waals surface area contributed by atoms with E-state index in [-0.39, 0.29) is 11.5 Å². The van der Waals surface area contributed by atoms with Gasteiger partial charge in [-0.15, -0.1) is 0 Å². The van der Waals surface area contributed by atoms with E-state index in [1.165, 1.54) is 13.3 Å². The van der Waals surface area contributed by atoms with Crippen molar-refractivity contribution in [2.45, 2.75) is 26.4 Å². The summed E-state index contributed by atoms with van der Waals surface area (Å²) in [6.45, 7) is 2.87. The number of rotatable bonds is 2. The van der Waals surface area contributed by atoms with Gasteiger partial charge in [0.15, 0.2) is 0 Å². The molecule has 1 aromatic heterocycles. The summed E-state index contributed by atoms with van der Waals surface area (Å²) in [5.41, 5.74) is 2.19. The third kappa shape index (κ3) is 3.33. The molecule has 1 aromatic carbocycles. The number of carbonyl (C=O) groups is 1. The van der Waals surface area contributed by atoms with Gasteiger partial charge in [0.2, 0.25) is 5.91 Å². The largest absolute Gasteiger partial charge is 0.337 e. The summed E-state index contributed by atoms with van der Waals surface area (Å²) in [4.78, 5) is 30.2. The highest BCUT2D eigenvalue weighted by Gasteiger charge is 2.22. The Morgan fingerprint density at radius 1 is 1.43 bits per heavy atom. The zero-order chi connectivity index (χ0) is 16.6. The second kappa shape index (κ2) is 6.45. The van der Waals surface area contributed by atoms with Gasteiger partial charge in [-0.2, -0.15) is 0 Å². The van der Waals surface area contributed by atoms with Gasteiger partial charge in [-0.25, -0.2) is 4.98 Å². The molecule has 0 atom stereocenters. The molecule has 0 bridgehead atoms. The number of carbonyl (C=O) groups excluding carboxylic acids is 1. The summed E-state index contributed by atoms with van der Waals surface area (Å²) in [5, 5.41) is 0.603. The van der Waals surface area contributed by atoms with Crippen molar-refractivity contribution in [1.29, 1.82) is 0 Å². The van der Waals surface area contributed by atoms with Crippen LogP contribution in [0.4, 0.5) is 0 Å². The van der Waals surface area contributed by atoms with E-state index in [0.29, 0.717) is 42.3 Å². The van der Waals surface area contributed by atoms with E-state index in [1.54, 1.807) is 15.5 Å². The molecule has 3 rings (SSSR count). The van der Waals surface area contributed by atoms with Crippen LogP contribution in [0.25, 0.3) is 0 Å². The molecule has 2 aromatic rings. The third-order valence-corrected chi connectivity index (χ3v) is 4.84. The molecular formula is C16H15BrClN3O2. The summed E-state index contributed by atoms with van der Waals surface area (Å²) in [6, 6.07) is 5.58. The first-order chi connectivity index (χ1) is 11.0. The molecule has 1 amide bonds. The molecule has 0 unspecified atom stereocenters. The van der Waals surface area contributed by atoms with Crippen LogP contribution in [0.5, 0.6) is 0 Å². The van der Waals surface area contributed by atoms with Gasteiger partial charge < -0.3 is 4.90 Å². The molecule has 5 nitrogen and oxygen atoms in total. The quantitative estimate of drug-likeness (QED) is 0.784. The Hall–Kier alpha value is -1.66. The van der Waals surface area contributed by atoms with Gasteiger partial charge in [-0.3, -0.25) is 14.2 Å². The minimum absolute atomic E-state index is 0.00303. The Morgan fingerprint density at radius 2 is 2.22 bits per heavy atom. The van der Waals surface area contributed by atoms with E-state index in [1.807, 2.05) is 12.1 Å². The van der Waals surface area contributed by atoms with Crippen LogP contribution in [0.3, 0.4) is 0 Å². The normalized spacial score (nSPS) is 13.8. The Morgan fingerprint density at radius 3 is 2.91 bits per heavy atom. The van der Waals surface area contributed by atoms with Crippen molar-refractivity contribution in [2.75, 3.05) is 6.54 Å². The van der Waals surface area contributed by atoms with E-state index >= 15 is 0 Å². The minimum Gasteiger partial charge on any atom is -0.337 e. The van der Waals surface area contributed by atoms with Gasteiger partial charge in [0.05, 0.1) is 25.1 Å². The molecule has 0 saturated heterocycles. The second-order valence-electron chi connectivity index (χ2n) is 5.53. The van der Waals surface area contributed by atoms with Crippen molar-refractivity contribution in [2.24, 2.45) is 0 Å². The van der Waals surface area contributed by atoms with Gasteiger partial charge in [-0.05, 0) is 24.1 Å². The highest BCUT2D eigenvalue weighted by atomic mass is 79.9. The average molecular weight is 397 g/mol. The second-order valence-corrected chi connectivity index (χ2v) is 6.85. The van der Waals surface area contributed by atoms with E-state index < -0.39 is 0 Å². The molecule has 23 heavy (non-hydrogen) atoms. The van der Waals surface area contributed by atoms with E-state index in [4.69, 9.17) is 11.6 Å². The van der Waals surface area contributed by atoms with Gasteiger partial charge in [0.25, 0.3) is 5.56 Å². The molecule has 0 N–H and O–H groups in total. The number of hydrogen-bond acceptors (Lipinski definition) is 3. The van der Waals surface area contributed by atoms with E-state index in [0.717, 1.165) is 10.0 Å². The number of benzene rings is 1. The average Bonchev–Trinajstić information content (AvgIpc) is 2.52. The molecule has 1 aliphatic heterocycles. The zero-order valence-corrected chi connectivity index (χ0v) is 14.9. The van der Waals surface area contributed by atoms with Crippen LogP contribution in [0.1, 0.15) is 23.7 Å². The number of aromatic nitrogens is 2. The number of fused-ring (bicyclic) bond motifs is 1. The molecule has 0 saturated carbocycles. The van der Waals surface area contributed by atoms with Crippen molar-refractivity contribution >= 4 is 33.4 Å². The molecule has 2 heterocycles. The molecule has 0 aliphatic carbocycles. The summed E-state index contributed by atoms with van der Waals surface area (Å²) in [7, 11) is 0. The first-order valence-corrected chi connectivity index (χ1v) is 8.39. The number of hydrogen-bond donors (Lipinski definition) is 0. The SMILES string of the molecule is CC(=O)N1CCc2c(ncn(Cc3ccc(Br)cc3Cl)c2=O)C1. The van der Waals surface area contributed by atoms with Gasteiger partial charge in [-0.1, -0.05) is 33.6 Å². The Balaban J connectivity index is 1.91. The monoisotopic (exact) mass is 395 g/mol. The summed E-state index contributed by atoms with van der Waals surface area (Å²) in [6.07, 6.45) is 2.07. The zero-order valence-electron chi connectivity index (χ0n) is 12.6. The van der Waals surface area contributed by atoms with Crippen LogP contribution in [0, 0.1) is 0 Å². The van der Waals surface area contributed by atoms with E-state index in [2.05, 4.69) is 20.9 Å². The fourth-order valence-corrected chi connectivity index (χ4v) is 3.41. The molecule has 7 heteroatoms. The summed E-state index contributed by atoms with van der Waals surface area (Å²) >= 11 is 9.58. The molecular weight excluding hydrogens is 382 g/mol. The fraction of sp³-hybridized carbons (Fsp3) is 0.312. The topological polar surface area (TPSA) is 55.2 Å². The molecule has 120 valence electrons. The van der Waals surface area contributed by atoms with Crippen LogP contribution in [0.15, 0.2) is 33.8 Å². The van der Waals surface area contributed by atoms with Crippen LogP contribution in [0.2, 0.25) is 5.02 Å². The Kier molecular flexibility index (Phi) is 4.55. The number of nitrogens with zero attached hydrogens (tertiary/aromatic N) is 3. The summed E-state index contributed by atoms with van der Waals surface area (Å²) < 4.78 is 2.46. The van der Waals surface area contributed by atoms with E-state index in [9.17, 15) is 9.59 Å². The lowest BCUT2D eigenvalue weighted by Crippen LogP contribution is -2.39. The van der Waals surface area contributed by atoms with Crippen molar-refractivity contribution in [3.63, 3.8) is 0 Å². The van der Waals surface area contributed by atoms with Crippen LogP contribution >= 0.6 is 27.5 Å². The molecule has 0 spiro atoms. The maximum atomic E-state index is 12.6. The van der Waals surface area contributed by atoms with Crippen LogP contribution < -0.4 is 5.56 Å². The van der Waals surface area contributed by atoms with Crippen LogP contribution in [-0.2, 0) is 24.3 Å². The van der Waals surface area contributed by atoms with Gasteiger partial charge in [0.1, 0.15) is 0 Å². The van der Waals surface area contributed by atoms with Crippen molar-refractivity contribution in [3.8, 4) is 0 Å². The molecule has 0 fully saturated rings. The van der Waals surface area contributed by atoms with Crippen molar-refractivity contribution in [3.05, 3.63) is 61.2 Å². The number of halogens is 2. The smallest absolute Gasteiger partial charge is 0.257 e. The first-order valence-electron chi connectivity index (χ1n) is 7.22.